The standard InChI is InChI=1S/C19H27FN2O3/c1-13(2)11-16(19(24)25)21-18(23)17-5-3-4-10-22(17)12-14-6-8-15(20)9-7-14/h6-9,13,16-17H,3-5,10-12H2,1-2H3,(H,21,23)(H,24,25)/t16-,17?/m1/s1. The molecule has 0 spiro atoms. The molecule has 0 radical (unpaired) electrons. The molecule has 1 aliphatic rings. The predicted octanol–water partition coefficient (Wildman–Crippen LogP) is 2.80. The monoisotopic (exact) mass is 350 g/mol. The molecule has 0 aromatic heterocycles. The number of benzene rings is 1. The van der Waals surface area contributed by atoms with Crippen molar-refractivity contribution in [2.45, 2.75) is 58.2 Å². The van der Waals surface area contributed by atoms with Gasteiger partial charge in [-0.25, -0.2) is 9.18 Å². The first kappa shape index (κ1) is 19.4. The zero-order valence-electron chi connectivity index (χ0n) is 14.9. The second kappa shape index (κ2) is 8.94. The highest BCUT2D eigenvalue weighted by Crippen LogP contribution is 2.20. The predicted molar refractivity (Wildman–Crippen MR) is 93.5 cm³/mol. The van der Waals surface area contributed by atoms with Crippen molar-refractivity contribution in [3.8, 4) is 0 Å². The summed E-state index contributed by atoms with van der Waals surface area (Å²) in [6, 6.07) is 5.07. The number of amides is 1. The minimum atomic E-state index is -0.997. The van der Waals surface area contributed by atoms with Crippen LogP contribution in [0.2, 0.25) is 0 Å². The van der Waals surface area contributed by atoms with E-state index in [1.807, 2.05) is 13.8 Å². The number of hydrogen-bond donors (Lipinski definition) is 2. The zero-order chi connectivity index (χ0) is 18.4. The Morgan fingerprint density at radius 1 is 1.28 bits per heavy atom. The molecule has 1 heterocycles. The lowest BCUT2D eigenvalue weighted by Crippen LogP contribution is -2.53. The van der Waals surface area contributed by atoms with Crippen LogP contribution in [0.3, 0.4) is 0 Å². The number of carbonyl (C=O) groups is 2. The maximum atomic E-state index is 13.1. The fraction of sp³-hybridized carbons (Fsp3) is 0.579. The van der Waals surface area contributed by atoms with Gasteiger partial charge in [-0.15, -0.1) is 0 Å². The van der Waals surface area contributed by atoms with Crippen LogP contribution < -0.4 is 5.32 Å². The summed E-state index contributed by atoms with van der Waals surface area (Å²) in [4.78, 5) is 26.1. The van der Waals surface area contributed by atoms with Gasteiger partial charge in [0.2, 0.25) is 5.91 Å². The van der Waals surface area contributed by atoms with E-state index >= 15 is 0 Å². The van der Waals surface area contributed by atoms with Crippen LogP contribution in [0.1, 0.15) is 45.1 Å². The number of nitrogens with zero attached hydrogens (tertiary/aromatic N) is 1. The first-order valence-corrected chi connectivity index (χ1v) is 8.88. The van der Waals surface area contributed by atoms with Gasteiger partial charge in [-0.05, 0) is 49.4 Å². The normalized spacial score (nSPS) is 19.6. The molecular formula is C19H27FN2O3. The molecule has 1 saturated heterocycles. The highest BCUT2D eigenvalue weighted by molar-refractivity contribution is 5.87. The van der Waals surface area contributed by atoms with Gasteiger partial charge in [0.25, 0.3) is 0 Å². The van der Waals surface area contributed by atoms with Crippen LogP contribution >= 0.6 is 0 Å². The van der Waals surface area contributed by atoms with E-state index < -0.39 is 12.0 Å². The lowest BCUT2D eigenvalue weighted by atomic mass is 9.98. The second-order valence-electron chi connectivity index (χ2n) is 7.14. The molecule has 1 aliphatic heterocycles. The molecule has 0 aliphatic carbocycles. The van der Waals surface area contributed by atoms with Gasteiger partial charge in [-0.2, -0.15) is 0 Å². The summed E-state index contributed by atoms with van der Waals surface area (Å²) in [6.07, 6.45) is 3.06. The summed E-state index contributed by atoms with van der Waals surface area (Å²) in [6.45, 7) is 5.20. The Morgan fingerprint density at radius 3 is 2.56 bits per heavy atom. The van der Waals surface area contributed by atoms with Gasteiger partial charge in [0.1, 0.15) is 11.9 Å². The Labute approximate surface area is 148 Å². The third kappa shape index (κ3) is 5.81. The lowest BCUT2D eigenvalue weighted by Gasteiger charge is -2.35. The molecule has 1 unspecified atom stereocenters. The molecule has 5 nitrogen and oxygen atoms in total. The summed E-state index contributed by atoms with van der Waals surface area (Å²) in [5, 5.41) is 12.0. The maximum Gasteiger partial charge on any atom is 0.326 e. The smallest absolute Gasteiger partial charge is 0.326 e. The van der Waals surface area contributed by atoms with Crippen LogP contribution in [0.15, 0.2) is 24.3 Å². The minimum absolute atomic E-state index is 0.183. The van der Waals surface area contributed by atoms with Crippen LogP contribution in [0.4, 0.5) is 4.39 Å². The van der Waals surface area contributed by atoms with Crippen LogP contribution in [-0.4, -0.2) is 40.5 Å². The van der Waals surface area contributed by atoms with Crippen LogP contribution in [0.5, 0.6) is 0 Å². The third-order valence-electron chi connectivity index (χ3n) is 4.54. The molecule has 1 amide bonds. The average Bonchev–Trinajstić information content (AvgIpc) is 2.56. The molecule has 1 fully saturated rings. The van der Waals surface area contributed by atoms with E-state index in [9.17, 15) is 19.1 Å². The molecule has 25 heavy (non-hydrogen) atoms. The third-order valence-corrected chi connectivity index (χ3v) is 4.54. The summed E-state index contributed by atoms with van der Waals surface area (Å²) in [5.41, 5.74) is 0.943. The van der Waals surface area contributed by atoms with Gasteiger partial charge in [-0.1, -0.05) is 32.4 Å². The molecule has 138 valence electrons. The first-order chi connectivity index (χ1) is 11.9. The van der Waals surface area contributed by atoms with Gasteiger partial charge in [0, 0.05) is 6.54 Å². The first-order valence-electron chi connectivity index (χ1n) is 8.88. The SMILES string of the molecule is CC(C)C[C@@H](NC(=O)C1CCCCN1Cc1ccc(F)cc1)C(=O)O. The topological polar surface area (TPSA) is 69.6 Å². The van der Waals surface area contributed by atoms with Crippen LogP contribution in [0, 0.1) is 11.7 Å². The molecule has 2 rings (SSSR count). The van der Waals surface area contributed by atoms with E-state index in [0.29, 0.717) is 19.4 Å². The summed E-state index contributed by atoms with van der Waals surface area (Å²) < 4.78 is 13.1. The molecular weight excluding hydrogens is 323 g/mol. The van der Waals surface area contributed by atoms with E-state index in [2.05, 4.69) is 10.2 Å². The Hall–Kier alpha value is -1.95. The highest BCUT2D eigenvalue weighted by Gasteiger charge is 2.31. The number of rotatable bonds is 7. The van der Waals surface area contributed by atoms with Crippen molar-refractivity contribution < 1.29 is 19.1 Å². The van der Waals surface area contributed by atoms with Crippen molar-refractivity contribution in [2.75, 3.05) is 6.54 Å². The maximum absolute atomic E-state index is 13.1. The quantitative estimate of drug-likeness (QED) is 0.793. The van der Waals surface area contributed by atoms with Crippen LogP contribution in [-0.2, 0) is 16.1 Å². The Balaban J connectivity index is 2.04. The summed E-state index contributed by atoms with van der Waals surface area (Å²) >= 11 is 0. The Morgan fingerprint density at radius 2 is 1.96 bits per heavy atom. The summed E-state index contributed by atoms with van der Waals surface area (Å²) in [7, 11) is 0. The zero-order valence-corrected chi connectivity index (χ0v) is 14.9. The van der Waals surface area contributed by atoms with Gasteiger partial charge >= 0.3 is 5.97 Å². The Bertz CT molecular complexity index is 589. The summed E-state index contributed by atoms with van der Waals surface area (Å²) in [5.74, 6) is -1.32. The fourth-order valence-electron chi connectivity index (χ4n) is 3.26. The van der Waals surface area contributed by atoms with E-state index in [1.165, 1.54) is 12.1 Å². The van der Waals surface area contributed by atoms with Crippen molar-refractivity contribution in [3.63, 3.8) is 0 Å². The fourth-order valence-corrected chi connectivity index (χ4v) is 3.26. The number of piperidine rings is 1. The average molecular weight is 350 g/mol. The molecule has 6 heteroatoms. The number of carboxylic acids is 1. The van der Waals surface area contributed by atoms with Crippen molar-refractivity contribution >= 4 is 11.9 Å². The Kier molecular flexibility index (Phi) is 6.93. The largest absolute Gasteiger partial charge is 0.480 e. The van der Waals surface area contributed by atoms with Gasteiger partial charge < -0.3 is 10.4 Å². The van der Waals surface area contributed by atoms with E-state index in [0.717, 1.165) is 24.9 Å². The van der Waals surface area contributed by atoms with E-state index in [4.69, 9.17) is 0 Å². The van der Waals surface area contributed by atoms with Gasteiger partial charge in [0.15, 0.2) is 0 Å². The number of carboxylic acid groups (broad SMARTS) is 1. The number of aliphatic carboxylic acids is 1. The number of hydrogen-bond acceptors (Lipinski definition) is 3. The van der Waals surface area contributed by atoms with E-state index in [-0.39, 0.29) is 23.7 Å². The lowest BCUT2D eigenvalue weighted by molar-refractivity contribution is -0.143. The molecule has 1 aromatic carbocycles. The van der Waals surface area contributed by atoms with Crippen molar-refractivity contribution in [2.24, 2.45) is 5.92 Å². The van der Waals surface area contributed by atoms with Gasteiger partial charge in [0.05, 0.1) is 6.04 Å². The minimum Gasteiger partial charge on any atom is -0.480 e. The molecule has 2 N–H and O–H groups in total. The number of halogens is 1. The van der Waals surface area contributed by atoms with Crippen molar-refractivity contribution in [1.82, 2.24) is 10.2 Å². The van der Waals surface area contributed by atoms with Crippen LogP contribution in [0.25, 0.3) is 0 Å². The molecule has 1 aromatic rings. The van der Waals surface area contributed by atoms with Gasteiger partial charge in [-0.3, -0.25) is 9.69 Å². The number of likely N-dealkylation sites (tertiary alicyclic amines) is 1. The van der Waals surface area contributed by atoms with E-state index in [1.54, 1.807) is 12.1 Å². The van der Waals surface area contributed by atoms with Crippen molar-refractivity contribution in [3.05, 3.63) is 35.6 Å². The number of nitrogens with one attached hydrogen (secondary N) is 1. The van der Waals surface area contributed by atoms with Crippen molar-refractivity contribution in [1.29, 1.82) is 0 Å². The molecule has 0 saturated carbocycles. The number of carbonyl (C=O) groups excluding carboxylic acids is 1. The highest BCUT2D eigenvalue weighted by atomic mass is 19.1. The molecule has 0 bridgehead atoms. The molecule has 2 atom stereocenters. The second-order valence-corrected chi connectivity index (χ2v) is 7.14.